The van der Waals surface area contributed by atoms with Crippen LogP contribution in [0.4, 0.5) is 5.69 Å². The van der Waals surface area contributed by atoms with Gasteiger partial charge >= 0.3 is 5.97 Å². The molecule has 0 saturated heterocycles. The van der Waals surface area contributed by atoms with Crippen LogP contribution in [-0.2, 0) is 11.2 Å². The maximum absolute atomic E-state index is 10.4. The predicted molar refractivity (Wildman–Crippen MR) is 58.7 cm³/mol. The van der Waals surface area contributed by atoms with Crippen molar-refractivity contribution in [1.29, 1.82) is 0 Å². The van der Waals surface area contributed by atoms with E-state index in [0.717, 1.165) is 5.56 Å². The van der Waals surface area contributed by atoms with Gasteiger partial charge in [0.05, 0.1) is 9.95 Å². The van der Waals surface area contributed by atoms with Crippen molar-refractivity contribution in [2.75, 3.05) is 0 Å². The van der Waals surface area contributed by atoms with Gasteiger partial charge in [0.15, 0.2) is 0 Å². The minimum Gasteiger partial charge on any atom is -0.481 e. The van der Waals surface area contributed by atoms with E-state index >= 15 is 0 Å². The number of carboxylic acid groups (broad SMARTS) is 1. The monoisotopic (exact) mass is 243 g/mol. The molecule has 6 heteroatoms. The highest BCUT2D eigenvalue weighted by Crippen LogP contribution is 2.23. The van der Waals surface area contributed by atoms with Crippen LogP contribution in [0.25, 0.3) is 0 Å². The molecule has 5 nitrogen and oxygen atoms in total. The maximum atomic E-state index is 10.4. The number of aryl methyl sites for hydroxylation is 1. The minimum atomic E-state index is -0.863. The number of nitrogens with zero attached hydrogens (tertiary/aromatic N) is 1. The molecule has 0 unspecified atom stereocenters. The zero-order valence-corrected chi connectivity index (χ0v) is 9.11. The van der Waals surface area contributed by atoms with E-state index in [-0.39, 0.29) is 12.1 Å². The Balaban J connectivity index is 2.68. The van der Waals surface area contributed by atoms with Gasteiger partial charge < -0.3 is 5.11 Å². The van der Waals surface area contributed by atoms with Crippen LogP contribution in [0.5, 0.6) is 0 Å². The fraction of sp³-hybridized carbons (Fsp3) is 0.300. The number of non-ortho nitro benzene ring substituents is 1. The Labute approximate surface area is 96.8 Å². The van der Waals surface area contributed by atoms with E-state index in [1.165, 1.54) is 12.1 Å². The van der Waals surface area contributed by atoms with Crippen LogP contribution in [0, 0.1) is 10.1 Å². The average molecular weight is 244 g/mol. The molecule has 0 radical (unpaired) electrons. The standard InChI is InChI=1S/C10H10ClNO4/c11-9-6-8(12(15)16)5-4-7(9)2-1-3-10(13)14/h4-6H,1-3H2,(H,13,14). The fourth-order valence-corrected chi connectivity index (χ4v) is 1.55. The molecule has 1 aromatic rings. The largest absolute Gasteiger partial charge is 0.481 e. The number of hydrogen-bond acceptors (Lipinski definition) is 3. The van der Waals surface area contributed by atoms with Gasteiger partial charge in [-0.3, -0.25) is 14.9 Å². The average Bonchev–Trinajstić information content (AvgIpc) is 2.19. The summed E-state index contributed by atoms with van der Waals surface area (Å²) in [5.74, 6) is -0.863. The molecule has 0 atom stereocenters. The zero-order chi connectivity index (χ0) is 12.1. The van der Waals surface area contributed by atoms with Crippen molar-refractivity contribution >= 4 is 23.3 Å². The molecule has 0 aliphatic rings. The molecule has 0 spiro atoms. The zero-order valence-electron chi connectivity index (χ0n) is 8.35. The van der Waals surface area contributed by atoms with Gasteiger partial charge in [0.25, 0.3) is 5.69 Å². The minimum absolute atomic E-state index is 0.0628. The number of carboxylic acids is 1. The van der Waals surface area contributed by atoms with Crippen LogP contribution in [0.1, 0.15) is 18.4 Å². The van der Waals surface area contributed by atoms with Gasteiger partial charge in [-0.05, 0) is 18.4 Å². The fourth-order valence-electron chi connectivity index (χ4n) is 1.28. The smallest absolute Gasteiger partial charge is 0.303 e. The number of halogens is 1. The summed E-state index contributed by atoms with van der Waals surface area (Å²) < 4.78 is 0. The van der Waals surface area contributed by atoms with Crippen molar-refractivity contribution in [2.24, 2.45) is 0 Å². The van der Waals surface area contributed by atoms with Crippen LogP contribution < -0.4 is 0 Å². The number of nitro groups is 1. The Morgan fingerprint density at radius 3 is 2.69 bits per heavy atom. The summed E-state index contributed by atoms with van der Waals surface area (Å²) in [5.41, 5.74) is 0.667. The number of carbonyl (C=O) groups is 1. The van der Waals surface area contributed by atoms with Crippen LogP contribution in [-0.4, -0.2) is 16.0 Å². The second-order valence-corrected chi connectivity index (χ2v) is 3.69. The molecule has 0 aromatic heterocycles. The molecule has 1 aromatic carbocycles. The molecule has 0 aliphatic carbocycles. The Kier molecular flexibility index (Phi) is 4.25. The number of benzene rings is 1. The van der Waals surface area contributed by atoms with E-state index in [0.29, 0.717) is 17.9 Å². The molecule has 1 N–H and O–H groups in total. The maximum Gasteiger partial charge on any atom is 0.303 e. The molecular formula is C10H10ClNO4. The molecule has 16 heavy (non-hydrogen) atoms. The number of hydrogen-bond donors (Lipinski definition) is 1. The second-order valence-electron chi connectivity index (χ2n) is 3.28. The lowest BCUT2D eigenvalue weighted by Gasteiger charge is -2.02. The molecule has 0 heterocycles. The Morgan fingerprint density at radius 2 is 2.19 bits per heavy atom. The molecule has 0 aliphatic heterocycles. The Hall–Kier alpha value is -1.62. The Morgan fingerprint density at radius 1 is 1.50 bits per heavy atom. The topological polar surface area (TPSA) is 80.4 Å². The van der Waals surface area contributed by atoms with Gasteiger partial charge in [-0.25, -0.2) is 0 Å². The molecular weight excluding hydrogens is 234 g/mol. The summed E-state index contributed by atoms with van der Waals surface area (Å²) in [6.07, 6.45) is 1.03. The van der Waals surface area contributed by atoms with Crippen molar-refractivity contribution < 1.29 is 14.8 Å². The van der Waals surface area contributed by atoms with Crippen LogP contribution in [0.3, 0.4) is 0 Å². The quantitative estimate of drug-likeness (QED) is 0.637. The summed E-state index contributed by atoms with van der Waals surface area (Å²) in [7, 11) is 0. The third-order valence-electron chi connectivity index (χ3n) is 2.08. The van der Waals surface area contributed by atoms with Crippen LogP contribution in [0.2, 0.25) is 5.02 Å². The molecule has 86 valence electrons. The second kappa shape index (κ2) is 5.46. The Bertz CT molecular complexity index is 419. The van der Waals surface area contributed by atoms with Crippen molar-refractivity contribution in [3.63, 3.8) is 0 Å². The third kappa shape index (κ3) is 3.51. The predicted octanol–water partition coefficient (Wildman–Crippen LogP) is 2.66. The first-order chi connectivity index (χ1) is 7.50. The SMILES string of the molecule is O=C(O)CCCc1ccc([N+](=O)[O-])cc1Cl. The number of aliphatic carboxylic acids is 1. The van der Waals surface area contributed by atoms with Crippen molar-refractivity contribution in [3.8, 4) is 0 Å². The first-order valence-corrected chi connectivity index (χ1v) is 5.03. The lowest BCUT2D eigenvalue weighted by Crippen LogP contribution is -1.97. The van der Waals surface area contributed by atoms with Gasteiger partial charge in [0, 0.05) is 18.6 Å². The molecule has 1 rings (SSSR count). The van der Waals surface area contributed by atoms with Crippen molar-refractivity contribution in [3.05, 3.63) is 38.9 Å². The highest BCUT2D eigenvalue weighted by atomic mass is 35.5. The highest BCUT2D eigenvalue weighted by molar-refractivity contribution is 6.31. The summed E-state index contributed by atoms with van der Waals surface area (Å²) in [6, 6.07) is 4.20. The first-order valence-electron chi connectivity index (χ1n) is 4.65. The van der Waals surface area contributed by atoms with Crippen LogP contribution >= 0.6 is 11.6 Å². The molecule has 0 saturated carbocycles. The number of nitro benzene ring substituents is 1. The van der Waals surface area contributed by atoms with E-state index in [1.54, 1.807) is 6.07 Å². The molecule has 0 bridgehead atoms. The molecule has 0 amide bonds. The highest BCUT2D eigenvalue weighted by Gasteiger charge is 2.09. The summed E-state index contributed by atoms with van der Waals surface area (Å²) in [5, 5.41) is 19.2. The van der Waals surface area contributed by atoms with Gasteiger partial charge in [-0.15, -0.1) is 0 Å². The summed E-state index contributed by atoms with van der Waals surface area (Å²) in [4.78, 5) is 20.2. The van der Waals surface area contributed by atoms with E-state index in [9.17, 15) is 14.9 Å². The normalized spacial score (nSPS) is 10.1. The third-order valence-corrected chi connectivity index (χ3v) is 2.44. The molecule has 0 fully saturated rings. The van der Waals surface area contributed by atoms with Gasteiger partial charge in [0.1, 0.15) is 0 Å². The lowest BCUT2D eigenvalue weighted by atomic mass is 10.1. The number of rotatable bonds is 5. The first kappa shape index (κ1) is 12.4. The van der Waals surface area contributed by atoms with Crippen molar-refractivity contribution in [1.82, 2.24) is 0 Å². The van der Waals surface area contributed by atoms with Crippen LogP contribution in [0.15, 0.2) is 18.2 Å². The van der Waals surface area contributed by atoms with E-state index in [2.05, 4.69) is 0 Å². The van der Waals surface area contributed by atoms with E-state index in [1.807, 2.05) is 0 Å². The van der Waals surface area contributed by atoms with Crippen molar-refractivity contribution in [2.45, 2.75) is 19.3 Å². The van der Waals surface area contributed by atoms with Gasteiger partial charge in [-0.2, -0.15) is 0 Å². The lowest BCUT2D eigenvalue weighted by molar-refractivity contribution is -0.384. The van der Waals surface area contributed by atoms with Gasteiger partial charge in [-0.1, -0.05) is 17.7 Å². The summed E-state index contributed by atoms with van der Waals surface area (Å²) in [6.45, 7) is 0. The summed E-state index contributed by atoms with van der Waals surface area (Å²) >= 11 is 5.84. The van der Waals surface area contributed by atoms with E-state index < -0.39 is 10.9 Å². The van der Waals surface area contributed by atoms with Gasteiger partial charge in [0.2, 0.25) is 0 Å². The van der Waals surface area contributed by atoms with E-state index in [4.69, 9.17) is 16.7 Å².